The number of phosphoric acid groups is 2. The number of esters is 2. The van der Waals surface area contributed by atoms with E-state index in [0.717, 1.165) is 61.6 Å². The molecule has 0 aliphatic carbocycles. The van der Waals surface area contributed by atoms with Crippen LogP contribution in [-0.2, 0) is 46.3 Å². The van der Waals surface area contributed by atoms with Gasteiger partial charge in [-0.25, -0.2) is 13.9 Å². The minimum atomic E-state index is -5.70. The van der Waals surface area contributed by atoms with Gasteiger partial charge in [0.2, 0.25) is 0 Å². The molecule has 1 aromatic heterocycles. The summed E-state index contributed by atoms with van der Waals surface area (Å²) in [7, 11) is -11.3. The molecule has 1 fully saturated rings. The van der Waals surface area contributed by atoms with Crippen molar-refractivity contribution in [3.05, 3.63) is 47.1 Å². The lowest BCUT2D eigenvalue weighted by Gasteiger charge is -2.40. The number of fused-ring (bicyclic) bond motifs is 3. The van der Waals surface area contributed by atoms with Crippen molar-refractivity contribution in [2.75, 3.05) is 25.6 Å². The first-order valence-electron chi connectivity index (χ1n) is 26.5. The number of nitrogens with zero attached hydrogens (tertiary/aromatic N) is 2. The van der Waals surface area contributed by atoms with E-state index in [4.69, 9.17) is 29.0 Å². The molecule has 12 atom stereocenters. The number of hydrogen-bond acceptors (Lipinski definition) is 18. The van der Waals surface area contributed by atoms with Crippen molar-refractivity contribution >= 4 is 33.4 Å². The second kappa shape index (κ2) is 34.7. The monoisotopic (exact) mass is 1080 g/mol. The number of allylic oxidation sites excluding steroid dienone is 1. The number of nitrogen functional groups attached to an aromatic ring is 1. The van der Waals surface area contributed by atoms with Crippen molar-refractivity contribution in [2.24, 2.45) is 17.8 Å². The van der Waals surface area contributed by atoms with Crippen LogP contribution in [0, 0.1) is 17.8 Å². The zero-order valence-corrected chi connectivity index (χ0v) is 45.0. The zero-order valence-electron chi connectivity index (χ0n) is 43.2. The van der Waals surface area contributed by atoms with Crippen LogP contribution in [0.3, 0.4) is 0 Å². The highest BCUT2D eigenvalue weighted by molar-refractivity contribution is 7.61. The SMILES string of the molecule is CCCCC[C@@H](O)/C=C\[C@@H]1[C@H](O)[C@H](O)[C@H]2COP(=O)(O)OP(=O)(O)OC[C@H](OC(=O)CCCCCCCCCCCCCCCCC(C)C)COC(=O)C/C=C\C[C@@H]([C@H](n3ccc(N)nc3=O)O2)[C@@H](O)C[C@H]1O. The molecule has 0 spiro atoms. The number of ether oxygens (including phenoxy) is 3. The largest absolute Gasteiger partial charge is 0.481 e. The molecule has 2 aliphatic rings. The van der Waals surface area contributed by atoms with Gasteiger partial charge in [0, 0.05) is 30.9 Å². The van der Waals surface area contributed by atoms with E-state index in [1.807, 2.05) is 6.92 Å². The first kappa shape index (κ1) is 64.4. The van der Waals surface area contributed by atoms with Gasteiger partial charge in [-0.15, -0.1) is 0 Å². The van der Waals surface area contributed by atoms with Gasteiger partial charge in [0.05, 0.1) is 44.1 Å². The average molecular weight is 1080 g/mol. The molecule has 0 saturated carbocycles. The summed E-state index contributed by atoms with van der Waals surface area (Å²) in [5, 5.41) is 57.3. The molecule has 73 heavy (non-hydrogen) atoms. The van der Waals surface area contributed by atoms with Gasteiger partial charge in [0.1, 0.15) is 30.9 Å². The van der Waals surface area contributed by atoms with Crippen LogP contribution in [-0.4, -0.2) is 119 Å². The molecule has 0 radical (unpaired) electrons. The summed E-state index contributed by atoms with van der Waals surface area (Å²) in [4.78, 5) is 64.3. The number of aromatic nitrogens is 2. The molecule has 1 aromatic rings. The Morgan fingerprint density at radius 3 is 2.01 bits per heavy atom. The molecule has 0 aromatic carbocycles. The summed E-state index contributed by atoms with van der Waals surface area (Å²) in [5.41, 5.74) is 4.74. The van der Waals surface area contributed by atoms with Crippen LogP contribution in [0.2, 0.25) is 0 Å². The summed E-state index contributed by atoms with van der Waals surface area (Å²) in [6.45, 7) is 3.73. The molecule has 3 rings (SSSR count). The van der Waals surface area contributed by atoms with Crippen molar-refractivity contribution in [3.8, 4) is 0 Å². The highest BCUT2D eigenvalue weighted by Crippen LogP contribution is 2.60. The molecule has 21 nitrogen and oxygen atoms in total. The van der Waals surface area contributed by atoms with Gasteiger partial charge in [-0.2, -0.15) is 9.29 Å². The summed E-state index contributed by atoms with van der Waals surface area (Å²) < 4.78 is 58.8. The zero-order chi connectivity index (χ0) is 53.8. The van der Waals surface area contributed by atoms with Crippen LogP contribution in [0.15, 0.2) is 41.4 Å². The minimum absolute atomic E-state index is 0.0109. The quantitative estimate of drug-likeness (QED) is 0.0207. The average Bonchev–Trinajstić information content (AvgIpc) is 3.31. The van der Waals surface area contributed by atoms with Gasteiger partial charge < -0.3 is 55.3 Å². The molecular weight excluding hydrogens is 993 g/mol. The molecule has 2 unspecified atom stereocenters. The highest BCUT2D eigenvalue weighted by Gasteiger charge is 2.45. The third-order valence-electron chi connectivity index (χ3n) is 13.0. The fourth-order valence-corrected chi connectivity index (χ4v) is 10.9. The number of aliphatic hydroxyl groups is 5. The van der Waals surface area contributed by atoms with Crippen molar-refractivity contribution in [1.29, 1.82) is 0 Å². The number of rotatable bonds is 25. The molecule has 0 amide bonds. The van der Waals surface area contributed by atoms with Crippen LogP contribution in [0.4, 0.5) is 5.82 Å². The lowest BCUT2D eigenvalue weighted by atomic mass is 9.82. The van der Waals surface area contributed by atoms with E-state index >= 15 is 0 Å². The maximum atomic E-state index is 13.3. The normalized spacial score (nSPS) is 30.3. The molecular formula is C50H87N3O18P2. The first-order chi connectivity index (χ1) is 34.7. The molecule has 1 saturated heterocycles. The Morgan fingerprint density at radius 1 is 0.822 bits per heavy atom. The fourth-order valence-electron chi connectivity index (χ4n) is 8.81. The Kier molecular flexibility index (Phi) is 30.6. The van der Waals surface area contributed by atoms with E-state index in [9.17, 15) is 58.8 Å². The lowest BCUT2D eigenvalue weighted by molar-refractivity contribution is -0.194. The molecule has 9 N–H and O–H groups in total. The van der Waals surface area contributed by atoms with E-state index in [2.05, 4.69) is 23.1 Å². The van der Waals surface area contributed by atoms with E-state index in [1.54, 1.807) is 0 Å². The topological polar surface area (TPSA) is 326 Å². The van der Waals surface area contributed by atoms with Gasteiger partial charge in [-0.05, 0) is 31.2 Å². The third kappa shape index (κ3) is 26.2. The predicted octanol–water partition coefficient (Wildman–Crippen LogP) is 7.24. The molecule has 23 heteroatoms. The van der Waals surface area contributed by atoms with Gasteiger partial charge in [-0.3, -0.25) is 23.2 Å². The van der Waals surface area contributed by atoms with E-state index in [-0.39, 0.29) is 25.1 Å². The van der Waals surface area contributed by atoms with E-state index in [1.165, 1.54) is 88.2 Å². The Morgan fingerprint density at radius 2 is 1.41 bits per heavy atom. The number of nitrogens with two attached hydrogens (primary N) is 1. The minimum Gasteiger partial charge on any atom is -0.461 e. The standard InChI is InChI=1S/C50H87N3O18P2/c1-4-5-18-24-37(54)28-29-39-41(55)32-42(56)40-25-21-22-26-45(57)66-33-38(69-46(58)27-20-17-15-13-11-9-7-6-8-10-12-14-16-19-23-36(2)3)34-67-72(62,63)71-73(64,65)68-35-43(48(60)47(39)59)70-49(40)53-31-30-44(51)52-50(53)61/h21-22,28-31,36-43,47-49,54-56,59-60H,4-20,23-27,32-35H2,1-3H3,(H,62,63)(H,64,65)(H2,51,52,61)/b22-21-,29-28-/t37-,38-,39+,40-,41-,42+,43-,47+,48-,49-/m1/s1. The van der Waals surface area contributed by atoms with Crippen molar-refractivity contribution in [3.63, 3.8) is 0 Å². The summed E-state index contributed by atoms with van der Waals surface area (Å²) in [6, 6.07) is 1.22. The molecule has 420 valence electrons. The Bertz CT molecular complexity index is 1960. The number of hydrogen-bond donors (Lipinski definition) is 8. The molecule has 2 aliphatic heterocycles. The molecule has 2 bridgehead atoms. The number of carbonyl (C=O) groups excluding carboxylic acids is 2. The number of cyclic esters (lactones) is 1. The number of carbonyl (C=O) groups is 2. The van der Waals surface area contributed by atoms with Crippen LogP contribution in [0.5, 0.6) is 0 Å². The van der Waals surface area contributed by atoms with Gasteiger partial charge in [0.25, 0.3) is 0 Å². The molecule has 3 heterocycles. The Hall–Kier alpha value is -2.88. The van der Waals surface area contributed by atoms with Gasteiger partial charge in [0.15, 0.2) is 6.10 Å². The second-order valence-electron chi connectivity index (χ2n) is 19.8. The van der Waals surface area contributed by atoms with Gasteiger partial charge >= 0.3 is 33.3 Å². The third-order valence-corrected chi connectivity index (χ3v) is 15.6. The second-order valence-corrected chi connectivity index (χ2v) is 22.9. The van der Waals surface area contributed by atoms with Crippen molar-refractivity contribution < 1.29 is 81.6 Å². The number of phosphoric ester groups is 2. The summed E-state index contributed by atoms with van der Waals surface area (Å²) in [5.74, 6) is -3.64. The maximum absolute atomic E-state index is 13.3. The number of unbranched alkanes of at least 4 members (excludes halogenated alkanes) is 15. The van der Waals surface area contributed by atoms with Crippen LogP contribution in [0.1, 0.15) is 175 Å². The van der Waals surface area contributed by atoms with Crippen LogP contribution >= 0.6 is 15.6 Å². The van der Waals surface area contributed by atoms with Gasteiger partial charge in [-0.1, -0.05) is 154 Å². The lowest BCUT2D eigenvalue weighted by Crippen LogP contribution is -2.52. The number of aliphatic hydroxyl groups excluding tert-OH is 5. The highest BCUT2D eigenvalue weighted by atomic mass is 31.3. The van der Waals surface area contributed by atoms with Crippen molar-refractivity contribution in [1.82, 2.24) is 9.55 Å². The number of anilines is 1. The van der Waals surface area contributed by atoms with E-state index in [0.29, 0.717) is 19.3 Å². The van der Waals surface area contributed by atoms with Crippen LogP contribution in [0.25, 0.3) is 0 Å². The first-order valence-corrected chi connectivity index (χ1v) is 29.5. The summed E-state index contributed by atoms with van der Waals surface area (Å²) in [6.07, 6.45) is 11.8. The van der Waals surface area contributed by atoms with Crippen LogP contribution < -0.4 is 11.4 Å². The Labute approximate surface area is 431 Å². The maximum Gasteiger partial charge on any atom is 0.481 e. The smallest absolute Gasteiger partial charge is 0.461 e. The van der Waals surface area contributed by atoms with Crippen molar-refractivity contribution in [2.45, 2.75) is 217 Å². The van der Waals surface area contributed by atoms with E-state index < -0.39 is 120 Å². The summed E-state index contributed by atoms with van der Waals surface area (Å²) >= 11 is 0. The Balaban J connectivity index is 1.75. The predicted molar refractivity (Wildman–Crippen MR) is 272 cm³/mol. The fraction of sp³-hybridized carbons (Fsp3) is 0.800.